The van der Waals surface area contributed by atoms with E-state index in [9.17, 15) is 4.79 Å². The molecule has 1 aliphatic rings. The summed E-state index contributed by atoms with van der Waals surface area (Å²) in [7, 11) is 0. The highest BCUT2D eigenvalue weighted by Crippen LogP contribution is 2.22. The van der Waals surface area contributed by atoms with Gasteiger partial charge in [0.1, 0.15) is 5.65 Å². The number of H-pyrrole nitrogens is 1. The molecule has 1 fully saturated rings. The summed E-state index contributed by atoms with van der Waals surface area (Å²) in [6.07, 6.45) is 3.54. The van der Waals surface area contributed by atoms with Gasteiger partial charge < -0.3 is 10.3 Å². The molecule has 0 saturated carbocycles. The van der Waals surface area contributed by atoms with Crippen LogP contribution in [0.25, 0.3) is 5.65 Å². The van der Waals surface area contributed by atoms with Crippen LogP contribution in [0.3, 0.4) is 0 Å². The van der Waals surface area contributed by atoms with E-state index in [1.54, 1.807) is 0 Å². The standard InChI is InChI=1S/C13H18N4O.ClH/c1-8-9(2)15-12-7-11(16-17(12)13(8)18)10-5-3-4-6-14-10;/h7,10,14-15H,3-6H2,1-2H3;1H. The molecule has 0 aromatic carbocycles. The van der Waals surface area contributed by atoms with Gasteiger partial charge in [0.25, 0.3) is 5.56 Å². The first-order chi connectivity index (χ1) is 8.66. The number of nitrogens with zero attached hydrogens (tertiary/aromatic N) is 2. The van der Waals surface area contributed by atoms with Crippen molar-refractivity contribution >= 4 is 18.1 Å². The van der Waals surface area contributed by atoms with E-state index in [0.29, 0.717) is 0 Å². The normalized spacial score (nSPS) is 19.4. The maximum Gasteiger partial charge on any atom is 0.277 e. The quantitative estimate of drug-likeness (QED) is 0.839. The predicted octanol–water partition coefficient (Wildman–Crippen LogP) is 1.88. The van der Waals surface area contributed by atoms with Crippen molar-refractivity contribution in [3.63, 3.8) is 0 Å². The number of aromatic nitrogens is 3. The highest BCUT2D eigenvalue weighted by molar-refractivity contribution is 5.85. The molecule has 6 heteroatoms. The lowest BCUT2D eigenvalue weighted by atomic mass is 10.0. The monoisotopic (exact) mass is 282 g/mol. The summed E-state index contributed by atoms with van der Waals surface area (Å²) in [5.41, 5.74) is 3.37. The lowest BCUT2D eigenvalue weighted by Crippen LogP contribution is -2.27. The van der Waals surface area contributed by atoms with Gasteiger partial charge in [-0.2, -0.15) is 9.61 Å². The maximum absolute atomic E-state index is 12.1. The van der Waals surface area contributed by atoms with E-state index >= 15 is 0 Å². The van der Waals surface area contributed by atoms with Crippen molar-refractivity contribution in [2.24, 2.45) is 0 Å². The van der Waals surface area contributed by atoms with Crippen LogP contribution in [0.1, 0.15) is 42.3 Å². The highest BCUT2D eigenvalue weighted by Gasteiger charge is 2.19. The van der Waals surface area contributed by atoms with Crippen LogP contribution >= 0.6 is 12.4 Å². The van der Waals surface area contributed by atoms with Crippen LogP contribution in [0.5, 0.6) is 0 Å². The third kappa shape index (κ3) is 2.40. The number of hydrogen-bond acceptors (Lipinski definition) is 3. The van der Waals surface area contributed by atoms with Crippen LogP contribution in [0.4, 0.5) is 0 Å². The van der Waals surface area contributed by atoms with Crippen molar-refractivity contribution in [2.45, 2.75) is 39.2 Å². The van der Waals surface area contributed by atoms with Crippen molar-refractivity contribution in [1.82, 2.24) is 19.9 Å². The zero-order valence-corrected chi connectivity index (χ0v) is 12.0. The zero-order chi connectivity index (χ0) is 12.7. The van der Waals surface area contributed by atoms with Crippen LogP contribution in [0.15, 0.2) is 10.9 Å². The van der Waals surface area contributed by atoms with Crippen molar-refractivity contribution in [3.05, 3.63) is 33.4 Å². The SMILES string of the molecule is Cc1[nH]c2cc(C3CCCCN3)nn2c(=O)c1C.Cl. The van der Waals surface area contributed by atoms with Gasteiger partial charge in [0, 0.05) is 17.3 Å². The molecule has 5 nitrogen and oxygen atoms in total. The molecule has 0 amide bonds. The van der Waals surface area contributed by atoms with Crippen molar-refractivity contribution < 1.29 is 0 Å². The Kier molecular flexibility index (Phi) is 3.96. The van der Waals surface area contributed by atoms with Crippen LogP contribution in [0, 0.1) is 13.8 Å². The molecule has 0 bridgehead atoms. The molecule has 1 saturated heterocycles. The van der Waals surface area contributed by atoms with E-state index in [-0.39, 0.29) is 24.0 Å². The molecule has 0 radical (unpaired) electrons. The van der Waals surface area contributed by atoms with Gasteiger partial charge >= 0.3 is 0 Å². The maximum atomic E-state index is 12.1. The topological polar surface area (TPSA) is 62.2 Å². The van der Waals surface area contributed by atoms with Gasteiger partial charge in [0.15, 0.2) is 0 Å². The number of aromatic amines is 1. The van der Waals surface area contributed by atoms with E-state index in [1.807, 2.05) is 19.9 Å². The summed E-state index contributed by atoms with van der Waals surface area (Å²) >= 11 is 0. The Morgan fingerprint density at radius 3 is 2.84 bits per heavy atom. The van der Waals surface area contributed by atoms with E-state index in [4.69, 9.17) is 0 Å². The van der Waals surface area contributed by atoms with Crippen molar-refractivity contribution in [1.29, 1.82) is 0 Å². The third-order valence-corrected chi connectivity index (χ3v) is 3.79. The fourth-order valence-electron chi connectivity index (χ4n) is 2.52. The number of nitrogens with one attached hydrogen (secondary N) is 2. The Hall–Kier alpha value is -1.33. The smallest absolute Gasteiger partial charge is 0.277 e. The Bertz CT molecular complexity index is 640. The molecule has 19 heavy (non-hydrogen) atoms. The molecule has 1 atom stereocenters. The molecule has 3 rings (SSSR count). The molecule has 2 N–H and O–H groups in total. The second-order valence-electron chi connectivity index (χ2n) is 5.05. The minimum absolute atomic E-state index is 0. The van der Waals surface area contributed by atoms with E-state index in [0.717, 1.165) is 35.6 Å². The van der Waals surface area contributed by atoms with Gasteiger partial charge in [-0.25, -0.2) is 0 Å². The van der Waals surface area contributed by atoms with Crippen molar-refractivity contribution in [3.8, 4) is 0 Å². The number of hydrogen-bond donors (Lipinski definition) is 2. The Morgan fingerprint density at radius 1 is 1.37 bits per heavy atom. The molecule has 2 aromatic heterocycles. The van der Waals surface area contributed by atoms with Gasteiger partial charge in [-0.1, -0.05) is 6.42 Å². The van der Waals surface area contributed by atoms with E-state index in [2.05, 4.69) is 15.4 Å². The van der Waals surface area contributed by atoms with Crippen LogP contribution in [0.2, 0.25) is 0 Å². The Labute approximate surface area is 117 Å². The van der Waals surface area contributed by atoms with Gasteiger partial charge in [0.2, 0.25) is 0 Å². The lowest BCUT2D eigenvalue weighted by Gasteiger charge is -2.21. The fraction of sp³-hybridized carbons (Fsp3) is 0.538. The summed E-state index contributed by atoms with van der Waals surface area (Å²) in [6, 6.07) is 2.27. The first-order valence-corrected chi connectivity index (χ1v) is 6.49. The highest BCUT2D eigenvalue weighted by atomic mass is 35.5. The van der Waals surface area contributed by atoms with Gasteiger partial charge in [-0.05, 0) is 33.2 Å². The van der Waals surface area contributed by atoms with Gasteiger partial charge in [-0.3, -0.25) is 4.79 Å². The van der Waals surface area contributed by atoms with E-state index < -0.39 is 0 Å². The molecule has 2 aromatic rings. The van der Waals surface area contributed by atoms with Crippen molar-refractivity contribution in [2.75, 3.05) is 6.54 Å². The van der Waals surface area contributed by atoms with E-state index in [1.165, 1.54) is 17.4 Å². The number of halogens is 1. The minimum atomic E-state index is -0.0247. The molecule has 0 spiro atoms. The molecule has 1 aliphatic heterocycles. The third-order valence-electron chi connectivity index (χ3n) is 3.79. The summed E-state index contributed by atoms with van der Waals surface area (Å²) in [4.78, 5) is 15.3. The summed E-state index contributed by atoms with van der Waals surface area (Å²) in [5, 5.41) is 7.90. The first-order valence-electron chi connectivity index (χ1n) is 6.49. The molecule has 0 aliphatic carbocycles. The fourth-order valence-corrected chi connectivity index (χ4v) is 2.52. The Balaban J connectivity index is 0.00000133. The number of piperidine rings is 1. The van der Waals surface area contributed by atoms with Crippen LogP contribution < -0.4 is 10.9 Å². The van der Waals surface area contributed by atoms with Crippen LogP contribution in [-0.4, -0.2) is 21.1 Å². The average Bonchev–Trinajstić information content (AvgIpc) is 2.81. The molecular weight excluding hydrogens is 264 g/mol. The summed E-state index contributed by atoms with van der Waals surface area (Å²) in [6.45, 7) is 4.78. The summed E-state index contributed by atoms with van der Waals surface area (Å²) in [5.74, 6) is 0. The Morgan fingerprint density at radius 2 is 2.16 bits per heavy atom. The molecular formula is C13H19ClN4O. The lowest BCUT2D eigenvalue weighted by molar-refractivity contribution is 0.404. The predicted molar refractivity (Wildman–Crippen MR) is 77.1 cm³/mol. The van der Waals surface area contributed by atoms with Gasteiger partial charge in [-0.15, -0.1) is 12.4 Å². The molecule has 104 valence electrons. The van der Waals surface area contributed by atoms with Crippen LogP contribution in [-0.2, 0) is 0 Å². The number of rotatable bonds is 1. The average molecular weight is 283 g/mol. The molecule has 3 heterocycles. The number of fused-ring (bicyclic) bond motifs is 1. The number of aryl methyl sites for hydroxylation is 1. The van der Waals surface area contributed by atoms with Gasteiger partial charge in [0.05, 0.1) is 11.7 Å². The molecule has 1 unspecified atom stereocenters. The second-order valence-corrected chi connectivity index (χ2v) is 5.05. The first kappa shape index (κ1) is 14.1. The zero-order valence-electron chi connectivity index (χ0n) is 11.2. The summed E-state index contributed by atoms with van der Waals surface area (Å²) < 4.78 is 1.48. The largest absolute Gasteiger partial charge is 0.343 e. The minimum Gasteiger partial charge on any atom is -0.343 e. The second kappa shape index (κ2) is 5.35.